The lowest BCUT2D eigenvalue weighted by Gasteiger charge is -2.24. The molecule has 0 bridgehead atoms. The van der Waals surface area contributed by atoms with E-state index >= 15 is 0 Å². The average Bonchev–Trinajstić information content (AvgIpc) is 2.82. The van der Waals surface area contributed by atoms with Crippen LogP contribution in [0.2, 0.25) is 0 Å². The van der Waals surface area contributed by atoms with Gasteiger partial charge in [0.15, 0.2) is 0 Å². The molecule has 34 heavy (non-hydrogen) atoms. The maximum atomic E-state index is 13.3. The molecule has 0 aliphatic carbocycles. The summed E-state index contributed by atoms with van der Waals surface area (Å²) in [5, 5.41) is 2.86. The van der Waals surface area contributed by atoms with Crippen LogP contribution in [0.4, 0.5) is 5.69 Å². The van der Waals surface area contributed by atoms with Crippen molar-refractivity contribution in [3.8, 4) is 5.75 Å². The fraction of sp³-hybridized carbons (Fsp3) is 0.296. The van der Waals surface area contributed by atoms with E-state index in [0.717, 1.165) is 34.0 Å². The Balaban J connectivity index is 1.60. The predicted molar refractivity (Wildman–Crippen MR) is 136 cm³/mol. The first-order chi connectivity index (χ1) is 16.3. The number of rotatable bonds is 11. The third-order valence-electron chi connectivity index (χ3n) is 5.20. The van der Waals surface area contributed by atoms with Gasteiger partial charge >= 0.3 is 0 Å². The molecule has 0 aliphatic rings. The molecule has 7 heteroatoms. The molecule has 180 valence electrons. The lowest BCUT2D eigenvalue weighted by atomic mass is 10.1. The maximum absolute atomic E-state index is 13.3. The van der Waals surface area contributed by atoms with Crippen molar-refractivity contribution in [1.29, 1.82) is 0 Å². The zero-order valence-electron chi connectivity index (χ0n) is 19.9. The minimum Gasteiger partial charge on any atom is -0.491 e. The van der Waals surface area contributed by atoms with Crippen LogP contribution in [-0.2, 0) is 21.2 Å². The Hall–Kier alpha value is -3.32. The third-order valence-corrected chi connectivity index (χ3v) is 6.99. The van der Waals surface area contributed by atoms with E-state index in [4.69, 9.17) is 4.74 Å². The average molecular weight is 481 g/mol. The van der Waals surface area contributed by atoms with Gasteiger partial charge in [-0.25, -0.2) is 8.42 Å². The number of carbonyl (C=O) groups is 1. The number of anilines is 1. The summed E-state index contributed by atoms with van der Waals surface area (Å²) in [6.07, 6.45) is 1.67. The molecule has 0 heterocycles. The van der Waals surface area contributed by atoms with Crippen molar-refractivity contribution in [3.05, 3.63) is 90.0 Å². The van der Waals surface area contributed by atoms with Gasteiger partial charge in [0.05, 0.1) is 16.7 Å². The van der Waals surface area contributed by atoms with Gasteiger partial charge in [0.2, 0.25) is 5.91 Å². The molecule has 0 saturated carbocycles. The van der Waals surface area contributed by atoms with Crippen molar-refractivity contribution in [2.24, 2.45) is 0 Å². The van der Waals surface area contributed by atoms with Crippen LogP contribution in [0.15, 0.2) is 83.8 Å². The first kappa shape index (κ1) is 25.3. The summed E-state index contributed by atoms with van der Waals surface area (Å²) in [6.45, 7) is 6.07. The molecule has 0 atom stereocenters. The fourth-order valence-electron chi connectivity index (χ4n) is 3.46. The van der Waals surface area contributed by atoms with Gasteiger partial charge in [-0.1, -0.05) is 48.0 Å². The van der Waals surface area contributed by atoms with Gasteiger partial charge < -0.3 is 10.1 Å². The van der Waals surface area contributed by atoms with Crippen molar-refractivity contribution in [2.75, 3.05) is 17.4 Å². The van der Waals surface area contributed by atoms with Crippen molar-refractivity contribution in [3.63, 3.8) is 0 Å². The Morgan fingerprint density at radius 1 is 0.941 bits per heavy atom. The van der Waals surface area contributed by atoms with E-state index in [2.05, 4.69) is 5.32 Å². The minimum absolute atomic E-state index is 0.131. The molecule has 6 nitrogen and oxygen atoms in total. The lowest BCUT2D eigenvalue weighted by molar-refractivity contribution is -0.119. The van der Waals surface area contributed by atoms with E-state index in [-0.39, 0.29) is 23.5 Å². The van der Waals surface area contributed by atoms with Crippen LogP contribution in [0.5, 0.6) is 5.75 Å². The third kappa shape index (κ3) is 7.09. The van der Waals surface area contributed by atoms with Gasteiger partial charge in [-0.2, -0.15) is 0 Å². The van der Waals surface area contributed by atoms with Crippen LogP contribution in [-0.4, -0.2) is 33.5 Å². The van der Waals surface area contributed by atoms with Gasteiger partial charge in [-0.3, -0.25) is 9.10 Å². The van der Waals surface area contributed by atoms with Crippen LogP contribution in [0.1, 0.15) is 31.4 Å². The second-order valence-electron chi connectivity index (χ2n) is 8.42. The van der Waals surface area contributed by atoms with E-state index in [1.807, 2.05) is 57.2 Å². The Bertz CT molecular complexity index is 1160. The van der Waals surface area contributed by atoms with E-state index < -0.39 is 10.0 Å². The molecule has 3 aromatic carbocycles. The van der Waals surface area contributed by atoms with Crippen LogP contribution >= 0.6 is 0 Å². The van der Waals surface area contributed by atoms with Gasteiger partial charge in [0.1, 0.15) is 12.3 Å². The fourth-order valence-corrected chi connectivity index (χ4v) is 4.90. The molecule has 0 aromatic heterocycles. The molecule has 3 aromatic rings. The van der Waals surface area contributed by atoms with Crippen LogP contribution in [0.25, 0.3) is 0 Å². The Morgan fingerprint density at radius 2 is 1.59 bits per heavy atom. The first-order valence-electron chi connectivity index (χ1n) is 11.4. The second-order valence-corrected chi connectivity index (χ2v) is 10.3. The van der Waals surface area contributed by atoms with Gasteiger partial charge in [0, 0.05) is 6.54 Å². The molecule has 0 spiro atoms. The highest BCUT2D eigenvalue weighted by atomic mass is 32.2. The molecule has 1 amide bonds. The van der Waals surface area contributed by atoms with Crippen molar-refractivity contribution in [1.82, 2.24) is 5.32 Å². The summed E-state index contributed by atoms with van der Waals surface area (Å²) in [6, 6.07) is 23.2. The number of aryl methyl sites for hydroxylation is 2. The summed E-state index contributed by atoms with van der Waals surface area (Å²) in [5.41, 5.74) is 2.61. The summed E-state index contributed by atoms with van der Waals surface area (Å²) in [7, 11) is -3.89. The van der Waals surface area contributed by atoms with E-state index in [1.54, 1.807) is 30.3 Å². The molecule has 1 N–H and O–H groups in total. The lowest BCUT2D eigenvalue weighted by Crippen LogP contribution is -2.41. The number of hydrogen-bond donors (Lipinski definition) is 1. The first-order valence-corrected chi connectivity index (χ1v) is 12.9. The van der Waals surface area contributed by atoms with Crippen LogP contribution in [0, 0.1) is 6.92 Å². The number of nitrogens with zero attached hydrogens (tertiary/aromatic N) is 1. The predicted octanol–water partition coefficient (Wildman–Crippen LogP) is 4.73. The van der Waals surface area contributed by atoms with Gasteiger partial charge in [-0.15, -0.1) is 0 Å². The van der Waals surface area contributed by atoms with Crippen molar-refractivity contribution in [2.45, 2.75) is 44.6 Å². The monoisotopic (exact) mass is 480 g/mol. The quantitative estimate of drug-likeness (QED) is 0.403. The maximum Gasteiger partial charge on any atom is 0.264 e. The number of ether oxygens (including phenoxy) is 1. The smallest absolute Gasteiger partial charge is 0.264 e. The molecule has 0 aliphatic heterocycles. The summed E-state index contributed by atoms with van der Waals surface area (Å²) in [4.78, 5) is 12.8. The van der Waals surface area contributed by atoms with Crippen molar-refractivity contribution < 1.29 is 17.9 Å². The van der Waals surface area contributed by atoms with Gasteiger partial charge in [-0.05, 0) is 75.6 Å². The standard InChI is InChI=1S/C27H32N2O4S/c1-21(2)33-25-17-13-23(14-18-25)8-7-19-28-27(30)20-29(24-15-11-22(3)12-16-24)34(31,32)26-9-5-4-6-10-26/h4-6,9-18,21H,7-8,19-20H2,1-3H3,(H,28,30). The highest BCUT2D eigenvalue weighted by molar-refractivity contribution is 7.92. The summed E-state index contributed by atoms with van der Waals surface area (Å²) >= 11 is 0. The summed E-state index contributed by atoms with van der Waals surface area (Å²) < 4.78 is 33.4. The van der Waals surface area contributed by atoms with Crippen LogP contribution in [0.3, 0.4) is 0 Å². The number of nitrogens with one attached hydrogen (secondary N) is 1. The highest BCUT2D eigenvalue weighted by Gasteiger charge is 2.26. The molecule has 0 unspecified atom stereocenters. The molecule has 0 saturated heterocycles. The van der Waals surface area contributed by atoms with Crippen LogP contribution < -0.4 is 14.4 Å². The Labute approximate surface area is 202 Å². The minimum atomic E-state index is -3.89. The zero-order chi connectivity index (χ0) is 24.6. The van der Waals surface area contributed by atoms with E-state index in [1.165, 1.54) is 12.1 Å². The Morgan fingerprint density at radius 3 is 2.21 bits per heavy atom. The molecule has 0 radical (unpaired) electrons. The normalized spacial score (nSPS) is 11.3. The van der Waals surface area contributed by atoms with E-state index in [9.17, 15) is 13.2 Å². The number of carbonyl (C=O) groups excluding carboxylic acids is 1. The van der Waals surface area contributed by atoms with Gasteiger partial charge in [0.25, 0.3) is 10.0 Å². The summed E-state index contributed by atoms with van der Waals surface area (Å²) in [5.74, 6) is 0.489. The van der Waals surface area contributed by atoms with Crippen molar-refractivity contribution >= 4 is 21.6 Å². The molecule has 3 rings (SSSR count). The van der Waals surface area contributed by atoms with E-state index in [0.29, 0.717) is 12.2 Å². The molecular weight excluding hydrogens is 448 g/mol. The second kappa shape index (κ2) is 11.7. The highest BCUT2D eigenvalue weighted by Crippen LogP contribution is 2.24. The topological polar surface area (TPSA) is 75.7 Å². The SMILES string of the molecule is Cc1ccc(N(CC(=O)NCCCc2ccc(OC(C)C)cc2)S(=O)(=O)c2ccccc2)cc1. The largest absolute Gasteiger partial charge is 0.491 e. The molecular formula is C27H32N2O4S. The number of amides is 1. The number of benzene rings is 3. The number of sulfonamides is 1. The number of hydrogen-bond acceptors (Lipinski definition) is 4. The zero-order valence-corrected chi connectivity index (χ0v) is 20.7. The Kier molecular flexibility index (Phi) is 8.71. The molecule has 0 fully saturated rings.